The number of rotatable bonds is 4. The molecule has 0 radical (unpaired) electrons. The standard InChI is InChI=1S/C16H23NO2/c1-4-19-16-12(3)9-11(2)10-14(16)15(18)13-5-7-17-8-6-13/h9-10,13,17H,4-8H2,1-3H3. The predicted octanol–water partition coefficient (Wildman–Crippen LogP) is 2.88. The second-order valence-corrected chi connectivity index (χ2v) is 5.28. The SMILES string of the molecule is CCOc1c(C)cc(C)cc1C(=O)C1CCNCC1. The van der Waals surface area contributed by atoms with E-state index in [1.54, 1.807) is 0 Å². The van der Waals surface area contributed by atoms with Gasteiger partial charge in [0.2, 0.25) is 0 Å². The van der Waals surface area contributed by atoms with Gasteiger partial charge < -0.3 is 10.1 Å². The molecule has 3 nitrogen and oxygen atoms in total. The highest BCUT2D eigenvalue weighted by atomic mass is 16.5. The first-order valence-corrected chi connectivity index (χ1v) is 7.12. The van der Waals surface area contributed by atoms with Crippen molar-refractivity contribution in [3.8, 4) is 5.75 Å². The molecule has 0 atom stereocenters. The van der Waals surface area contributed by atoms with E-state index in [-0.39, 0.29) is 11.7 Å². The topological polar surface area (TPSA) is 38.3 Å². The number of benzene rings is 1. The molecule has 1 aliphatic heterocycles. The molecule has 1 aromatic rings. The molecule has 104 valence electrons. The summed E-state index contributed by atoms with van der Waals surface area (Å²) in [5.41, 5.74) is 2.95. The van der Waals surface area contributed by atoms with Gasteiger partial charge in [0.05, 0.1) is 12.2 Å². The van der Waals surface area contributed by atoms with Crippen LogP contribution >= 0.6 is 0 Å². The molecular formula is C16H23NO2. The number of Topliss-reactive ketones (excluding diaryl/α,β-unsaturated/α-hetero) is 1. The van der Waals surface area contributed by atoms with Gasteiger partial charge in [-0.05, 0) is 63.9 Å². The third kappa shape index (κ3) is 3.16. The van der Waals surface area contributed by atoms with Gasteiger partial charge in [0.1, 0.15) is 5.75 Å². The lowest BCUT2D eigenvalue weighted by Gasteiger charge is -2.23. The van der Waals surface area contributed by atoms with E-state index in [0.717, 1.165) is 48.4 Å². The molecule has 1 fully saturated rings. The van der Waals surface area contributed by atoms with Gasteiger partial charge in [-0.3, -0.25) is 4.79 Å². The van der Waals surface area contributed by atoms with Gasteiger partial charge in [-0.25, -0.2) is 0 Å². The molecule has 0 bridgehead atoms. The summed E-state index contributed by atoms with van der Waals surface area (Å²) in [5.74, 6) is 1.16. The van der Waals surface area contributed by atoms with Crippen molar-refractivity contribution >= 4 is 5.78 Å². The van der Waals surface area contributed by atoms with E-state index >= 15 is 0 Å². The summed E-state index contributed by atoms with van der Waals surface area (Å²) in [6, 6.07) is 4.05. The van der Waals surface area contributed by atoms with Gasteiger partial charge in [0.15, 0.2) is 5.78 Å². The third-order valence-electron chi connectivity index (χ3n) is 3.68. The van der Waals surface area contributed by atoms with E-state index in [1.807, 2.05) is 26.8 Å². The highest BCUT2D eigenvalue weighted by molar-refractivity contribution is 6.01. The number of piperidine rings is 1. The van der Waals surface area contributed by atoms with Crippen molar-refractivity contribution in [2.24, 2.45) is 5.92 Å². The Morgan fingerprint density at radius 1 is 1.32 bits per heavy atom. The van der Waals surface area contributed by atoms with Crippen molar-refractivity contribution < 1.29 is 9.53 Å². The van der Waals surface area contributed by atoms with Gasteiger partial charge in [-0.2, -0.15) is 0 Å². The van der Waals surface area contributed by atoms with Gasteiger partial charge in [0.25, 0.3) is 0 Å². The smallest absolute Gasteiger partial charge is 0.169 e. The Morgan fingerprint density at radius 3 is 2.63 bits per heavy atom. The van der Waals surface area contributed by atoms with Crippen molar-refractivity contribution in [2.75, 3.05) is 19.7 Å². The van der Waals surface area contributed by atoms with Crippen molar-refractivity contribution in [1.29, 1.82) is 0 Å². The summed E-state index contributed by atoms with van der Waals surface area (Å²) in [4.78, 5) is 12.7. The molecule has 1 N–H and O–H groups in total. The highest BCUT2D eigenvalue weighted by Gasteiger charge is 2.25. The van der Waals surface area contributed by atoms with Crippen molar-refractivity contribution in [1.82, 2.24) is 5.32 Å². The molecule has 1 aromatic carbocycles. The van der Waals surface area contributed by atoms with E-state index in [0.29, 0.717) is 6.61 Å². The summed E-state index contributed by atoms with van der Waals surface area (Å²) < 4.78 is 5.70. The Hall–Kier alpha value is -1.35. The number of carbonyl (C=O) groups excluding carboxylic acids is 1. The van der Waals surface area contributed by atoms with Gasteiger partial charge in [-0.1, -0.05) is 6.07 Å². The van der Waals surface area contributed by atoms with Crippen LogP contribution in [0.2, 0.25) is 0 Å². The number of nitrogens with one attached hydrogen (secondary N) is 1. The molecule has 0 saturated carbocycles. The zero-order valence-corrected chi connectivity index (χ0v) is 12.1. The molecule has 1 aliphatic rings. The van der Waals surface area contributed by atoms with Crippen molar-refractivity contribution in [3.63, 3.8) is 0 Å². The number of hydrogen-bond donors (Lipinski definition) is 1. The Kier molecular flexibility index (Phi) is 4.59. The molecule has 3 heteroatoms. The number of ether oxygens (including phenoxy) is 1. The average molecular weight is 261 g/mol. The monoisotopic (exact) mass is 261 g/mol. The van der Waals surface area contributed by atoms with Crippen LogP contribution in [0.1, 0.15) is 41.3 Å². The fourth-order valence-electron chi connectivity index (χ4n) is 2.78. The Labute approximate surface area is 115 Å². The van der Waals surface area contributed by atoms with Gasteiger partial charge in [0, 0.05) is 5.92 Å². The van der Waals surface area contributed by atoms with E-state index < -0.39 is 0 Å². The summed E-state index contributed by atoms with van der Waals surface area (Å²) in [5, 5.41) is 3.30. The van der Waals surface area contributed by atoms with Crippen LogP contribution in [0.5, 0.6) is 5.75 Å². The van der Waals surface area contributed by atoms with Gasteiger partial charge >= 0.3 is 0 Å². The summed E-state index contributed by atoms with van der Waals surface area (Å²) in [6.45, 7) is 8.46. The molecule has 0 unspecified atom stereocenters. The molecule has 0 spiro atoms. The highest BCUT2D eigenvalue weighted by Crippen LogP contribution is 2.29. The number of hydrogen-bond acceptors (Lipinski definition) is 3. The molecule has 0 amide bonds. The lowest BCUT2D eigenvalue weighted by Crippen LogP contribution is -2.32. The number of ketones is 1. The van der Waals surface area contributed by atoms with Crippen molar-refractivity contribution in [2.45, 2.75) is 33.6 Å². The van der Waals surface area contributed by atoms with Crippen LogP contribution < -0.4 is 10.1 Å². The third-order valence-corrected chi connectivity index (χ3v) is 3.68. The van der Waals surface area contributed by atoms with Gasteiger partial charge in [-0.15, -0.1) is 0 Å². The molecule has 1 heterocycles. The van der Waals surface area contributed by atoms with E-state index in [1.165, 1.54) is 0 Å². The minimum absolute atomic E-state index is 0.140. The second kappa shape index (κ2) is 6.20. The Bertz CT molecular complexity index is 462. The number of aryl methyl sites for hydroxylation is 2. The lowest BCUT2D eigenvalue weighted by molar-refractivity contribution is 0.0891. The van der Waals surface area contributed by atoms with Crippen LogP contribution in [0, 0.1) is 19.8 Å². The second-order valence-electron chi connectivity index (χ2n) is 5.28. The molecule has 0 aliphatic carbocycles. The van der Waals surface area contributed by atoms with E-state index in [2.05, 4.69) is 11.4 Å². The normalized spacial score (nSPS) is 16.4. The maximum absolute atomic E-state index is 12.7. The minimum atomic E-state index is 0.140. The van der Waals surface area contributed by atoms with Crippen LogP contribution in [0.4, 0.5) is 0 Å². The van der Waals surface area contributed by atoms with Crippen LogP contribution in [0.3, 0.4) is 0 Å². The van der Waals surface area contributed by atoms with Crippen LogP contribution in [0.25, 0.3) is 0 Å². The molecular weight excluding hydrogens is 238 g/mol. The summed E-state index contributed by atoms with van der Waals surface area (Å²) in [7, 11) is 0. The first-order valence-electron chi connectivity index (χ1n) is 7.12. The fourth-order valence-corrected chi connectivity index (χ4v) is 2.78. The first-order chi connectivity index (χ1) is 9.13. The molecule has 2 rings (SSSR count). The lowest BCUT2D eigenvalue weighted by atomic mass is 9.88. The molecule has 1 saturated heterocycles. The van der Waals surface area contributed by atoms with E-state index in [4.69, 9.17) is 4.74 Å². The number of carbonyl (C=O) groups is 1. The zero-order chi connectivity index (χ0) is 13.8. The quantitative estimate of drug-likeness (QED) is 0.847. The largest absolute Gasteiger partial charge is 0.493 e. The predicted molar refractivity (Wildman–Crippen MR) is 77.0 cm³/mol. The van der Waals surface area contributed by atoms with Crippen LogP contribution in [-0.4, -0.2) is 25.5 Å². The van der Waals surface area contributed by atoms with E-state index in [9.17, 15) is 4.79 Å². The zero-order valence-electron chi connectivity index (χ0n) is 12.1. The maximum atomic E-state index is 12.7. The summed E-state index contributed by atoms with van der Waals surface area (Å²) in [6.07, 6.45) is 1.86. The maximum Gasteiger partial charge on any atom is 0.169 e. The minimum Gasteiger partial charge on any atom is -0.493 e. The van der Waals surface area contributed by atoms with Crippen molar-refractivity contribution in [3.05, 3.63) is 28.8 Å². The Morgan fingerprint density at radius 2 is 2.00 bits per heavy atom. The molecule has 19 heavy (non-hydrogen) atoms. The Balaban J connectivity index is 2.33. The first kappa shape index (κ1) is 14.1. The van der Waals surface area contributed by atoms with Crippen LogP contribution in [0.15, 0.2) is 12.1 Å². The average Bonchev–Trinajstić information content (AvgIpc) is 2.42. The summed E-state index contributed by atoms with van der Waals surface area (Å²) >= 11 is 0. The molecule has 0 aromatic heterocycles. The fraction of sp³-hybridized carbons (Fsp3) is 0.562. The van der Waals surface area contributed by atoms with Crippen LogP contribution in [-0.2, 0) is 0 Å².